The highest BCUT2D eigenvalue weighted by Crippen LogP contribution is 2.38. The molecule has 0 aliphatic carbocycles. The van der Waals surface area contributed by atoms with E-state index < -0.39 is 5.92 Å². The van der Waals surface area contributed by atoms with Gasteiger partial charge >= 0.3 is 0 Å². The average Bonchev–Trinajstić information content (AvgIpc) is 2.46. The second-order valence-electron chi connectivity index (χ2n) is 4.28. The van der Waals surface area contributed by atoms with Gasteiger partial charge in [0, 0.05) is 0 Å². The van der Waals surface area contributed by atoms with Gasteiger partial charge in [-0.1, -0.05) is 12.1 Å². The van der Waals surface area contributed by atoms with Gasteiger partial charge in [-0.05, 0) is 24.6 Å². The van der Waals surface area contributed by atoms with E-state index in [1.54, 1.807) is 26.2 Å². The Morgan fingerprint density at radius 1 is 1.15 bits per heavy atom. The third kappa shape index (κ3) is 2.17. The zero-order valence-corrected chi connectivity index (χ0v) is 11.2. The van der Waals surface area contributed by atoms with Crippen LogP contribution in [0.25, 0.3) is 0 Å². The first kappa shape index (κ1) is 13.5. The van der Waals surface area contributed by atoms with Gasteiger partial charge in [0.25, 0.3) is 0 Å². The molecule has 0 radical (unpaired) electrons. The minimum Gasteiger partial charge on any atom is -0.497 e. The number of rotatable bonds is 2. The second-order valence-corrected chi connectivity index (χ2v) is 4.28. The minimum absolute atomic E-state index is 0.0461. The Kier molecular flexibility index (Phi) is 3.63. The van der Waals surface area contributed by atoms with Crippen molar-refractivity contribution < 1.29 is 9.47 Å². The molecule has 1 heterocycles. The lowest BCUT2D eigenvalue weighted by atomic mass is 9.84. The van der Waals surface area contributed by atoms with Crippen molar-refractivity contribution in [2.24, 2.45) is 5.73 Å². The average molecular weight is 267 g/mol. The number of allylic oxidation sites excluding steroid dienone is 3. The summed E-state index contributed by atoms with van der Waals surface area (Å²) in [4.78, 5) is 0. The third-order valence-corrected chi connectivity index (χ3v) is 3.18. The van der Waals surface area contributed by atoms with Gasteiger partial charge in [-0.15, -0.1) is 0 Å². The fourth-order valence-corrected chi connectivity index (χ4v) is 2.16. The van der Waals surface area contributed by atoms with Gasteiger partial charge in [0.2, 0.25) is 5.88 Å². The molecule has 1 aromatic rings. The van der Waals surface area contributed by atoms with Crippen LogP contribution in [0.1, 0.15) is 18.4 Å². The van der Waals surface area contributed by atoms with E-state index in [1.807, 2.05) is 18.2 Å². The highest BCUT2D eigenvalue weighted by atomic mass is 16.5. The molecule has 0 saturated carbocycles. The Labute approximate surface area is 117 Å². The standard InChI is InChI=1S/C15H13N3O2/c1-9-12(7-16)14(13(8-17)15(18)20-9)10-3-5-11(19-2)6-4-10/h3-6,14H,18H2,1-2H3. The number of nitriles is 2. The maximum absolute atomic E-state index is 9.31. The summed E-state index contributed by atoms with van der Waals surface area (Å²) in [6.07, 6.45) is 0. The molecule has 1 aliphatic rings. The Morgan fingerprint density at radius 2 is 1.75 bits per heavy atom. The lowest BCUT2D eigenvalue weighted by molar-refractivity contribution is 0.283. The number of hydrogen-bond donors (Lipinski definition) is 1. The molecule has 2 N–H and O–H groups in total. The number of nitrogens with zero attached hydrogens (tertiary/aromatic N) is 2. The Balaban J connectivity index is 2.56. The SMILES string of the molecule is COc1ccc(C2C(C#N)=C(C)OC(N)=C2C#N)cc1. The fourth-order valence-electron chi connectivity index (χ4n) is 2.16. The van der Waals surface area contributed by atoms with E-state index in [0.29, 0.717) is 17.1 Å². The van der Waals surface area contributed by atoms with Crippen molar-refractivity contribution in [3.05, 3.63) is 52.6 Å². The zero-order chi connectivity index (χ0) is 14.7. The highest BCUT2D eigenvalue weighted by Gasteiger charge is 2.31. The normalized spacial score (nSPS) is 18.1. The first-order valence-corrected chi connectivity index (χ1v) is 5.94. The Bertz CT molecular complexity index is 637. The molecule has 2 rings (SSSR count). The number of ether oxygens (including phenoxy) is 2. The predicted molar refractivity (Wildman–Crippen MR) is 72.0 cm³/mol. The van der Waals surface area contributed by atoms with E-state index in [9.17, 15) is 10.5 Å². The number of methoxy groups -OCH3 is 1. The van der Waals surface area contributed by atoms with Crippen LogP contribution >= 0.6 is 0 Å². The third-order valence-electron chi connectivity index (χ3n) is 3.18. The van der Waals surface area contributed by atoms with Gasteiger partial charge in [0.15, 0.2) is 0 Å². The van der Waals surface area contributed by atoms with E-state index in [-0.39, 0.29) is 11.5 Å². The van der Waals surface area contributed by atoms with Crippen molar-refractivity contribution in [1.29, 1.82) is 10.5 Å². The molecule has 0 fully saturated rings. The predicted octanol–water partition coefficient (Wildman–Crippen LogP) is 2.30. The van der Waals surface area contributed by atoms with Gasteiger partial charge in [-0.25, -0.2) is 0 Å². The van der Waals surface area contributed by atoms with Crippen molar-refractivity contribution in [2.45, 2.75) is 12.8 Å². The van der Waals surface area contributed by atoms with E-state index in [0.717, 1.165) is 5.56 Å². The van der Waals surface area contributed by atoms with Crippen LogP contribution in [0.5, 0.6) is 5.75 Å². The fraction of sp³-hybridized carbons (Fsp3) is 0.200. The summed E-state index contributed by atoms with van der Waals surface area (Å²) in [5.74, 6) is 0.676. The molecule has 5 nitrogen and oxygen atoms in total. The van der Waals surface area contributed by atoms with Crippen molar-refractivity contribution in [1.82, 2.24) is 0 Å². The van der Waals surface area contributed by atoms with Crippen LogP contribution in [-0.2, 0) is 4.74 Å². The Hall–Kier alpha value is -2.92. The molecule has 0 aromatic heterocycles. The smallest absolute Gasteiger partial charge is 0.205 e. The molecule has 1 unspecified atom stereocenters. The lowest BCUT2D eigenvalue weighted by Crippen LogP contribution is -2.19. The number of hydrogen-bond acceptors (Lipinski definition) is 5. The molecule has 0 bridgehead atoms. The maximum atomic E-state index is 9.31. The zero-order valence-electron chi connectivity index (χ0n) is 11.2. The van der Waals surface area contributed by atoms with Crippen LogP contribution in [0.2, 0.25) is 0 Å². The van der Waals surface area contributed by atoms with Gasteiger partial charge < -0.3 is 15.2 Å². The molecule has 1 aromatic carbocycles. The van der Waals surface area contributed by atoms with E-state index in [4.69, 9.17) is 15.2 Å². The quantitative estimate of drug-likeness (QED) is 0.887. The number of benzene rings is 1. The summed E-state index contributed by atoms with van der Waals surface area (Å²) in [5, 5.41) is 18.6. The van der Waals surface area contributed by atoms with Gasteiger partial charge in [0.05, 0.1) is 24.7 Å². The van der Waals surface area contributed by atoms with E-state index >= 15 is 0 Å². The summed E-state index contributed by atoms with van der Waals surface area (Å²) in [6.45, 7) is 1.66. The van der Waals surface area contributed by atoms with Crippen LogP contribution < -0.4 is 10.5 Å². The molecular weight excluding hydrogens is 254 g/mol. The molecule has 5 heteroatoms. The molecule has 1 atom stereocenters. The number of nitrogens with two attached hydrogens (primary N) is 1. The Morgan fingerprint density at radius 3 is 2.25 bits per heavy atom. The van der Waals surface area contributed by atoms with Crippen LogP contribution in [0.3, 0.4) is 0 Å². The maximum Gasteiger partial charge on any atom is 0.205 e. The first-order valence-electron chi connectivity index (χ1n) is 5.94. The molecule has 0 spiro atoms. The van der Waals surface area contributed by atoms with Crippen molar-refractivity contribution in [2.75, 3.05) is 7.11 Å². The van der Waals surface area contributed by atoms with Crippen molar-refractivity contribution in [3.8, 4) is 17.9 Å². The van der Waals surface area contributed by atoms with Gasteiger partial charge in [-0.3, -0.25) is 0 Å². The minimum atomic E-state index is -0.496. The molecule has 20 heavy (non-hydrogen) atoms. The van der Waals surface area contributed by atoms with Gasteiger partial charge in [-0.2, -0.15) is 10.5 Å². The van der Waals surface area contributed by atoms with Crippen LogP contribution in [0.15, 0.2) is 47.1 Å². The monoisotopic (exact) mass is 267 g/mol. The molecule has 0 amide bonds. The van der Waals surface area contributed by atoms with Crippen molar-refractivity contribution >= 4 is 0 Å². The molecule has 100 valence electrons. The van der Waals surface area contributed by atoms with E-state index in [1.165, 1.54) is 0 Å². The summed E-state index contributed by atoms with van der Waals surface area (Å²) in [7, 11) is 1.58. The molecular formula is C15H13N3O2. The lowest BCUT2D eigenvalue weighted by Gasteiger charge is -2.24. The van der Waals surface area contributed by atoms with Crippen molar-refractivity contribution in [3.63, 3.8) is 0 Å². The first-order chi connectivity index (χ1) is 9.62. The molecule has 0 saturated heterocycles. The summed E-state index contributed by atoms with van der Waals surface area (Å²) < 4.78 is 10.4. The van der Waals surface area contributed by atoms with Crippen LogP contribution in [0.4, 0.5) is 0 Å². The second kappa shape index (κ2) is 5.38. The largest absolute Gasteiger partial charge is 0.497 e. The van der Waals surface area contributed by atoms with Crippen LogP contribution in [-0.4, -0.2) is 7.11 Å². The van der Waals surface area contributed by atoms with Gasteiger partial charge in [0.1, 0.15) is 23.2 Å². The molecule has 1 aliphatic heterocycles. The highest BCUT2D eigenvalue weighted by molar-refractivity contribution is 5.53. The topological polar surface area (TPSA) is 92.1 Å². The van der Waals surface area contributed by atoms with E-state index in [2.05, 4.69) is 6.07 Å². The summed E-state index contributed by atoms with van der Waals surface area (Å²) >= 11 is 0. The van der Waals surface area contributed by atoms with Crippen LogP contribution in [0, 0.1) is 22.7 Å². The summed E-state index contributed by atoms with van der Waals surface area (Å²) in [5.41, 5.74) is 7.18. The summed E-state index contributed by atoms with van der Waals surface area (Å²) in [6, 6.07) is 11.3.